The summed E-state index contributed by atoms with van der Waals surface area (Å²) >= 11 is 5.77. The Morgan fingerprint density at radius 3 is 2.79 bits per heavy atom. The zero-order chi connectivity index (χ0) is 13.6. The fraction of sp³-hybridized carbons (Fsp3) is 0.500. The third kappa shape index (κ3) is 2.22. The molecule has 0 bridgehead atoms. The predicted octanol–water partition coefficient (Wildman–Crippen LogP) is 3.75. The van der Waals surface area contributed by atoms with Crippen LogP contribution in [0.5, 0.6) is 0 Å². The van der Waals surface area contributed by atoms with E-state index in [4.69, 9.17) is 11.6 Å². The predicted molar refractivity (Wildman–Crippen MR) is 71.3 cm³/mol. The number of hydrogen-bond acceptors (Lipinski definition) is 1. The maximum Gasteiger partial charge on any atom is 0.184 e. The highest BCUT2D eigenvalue weighted by molar-refractivity contribution is 6.17. The normalized spacial score (nSPS) is 22.1. The maximum absolute atomic E-state index is 14.0. The van der Waals surface area contributed by atoms with Gasteiger partial charge in [0.25, 0.3) is 0 Å². The second-order valence-corrected chi connectivity index (χ2v) is 5.66. The molecule has 5 heteroatoms. The quantitative estimate of drug-likeness (QED) is 0.782. The van der Waals surface area contributed by atoms with Crippen molar-refractivity contribution in [1.29, 1.82) is 0 Å². The fourth-order valence-electron chi connectivity index (χ4n) is 2.57. The number of rotatable bonds is 4. The van der Waals surface area contributed by atoms with E-state index in [-0.39, 0.29) is 5.52 Å². The van der Waals surface area contributed by atoms with Crippen molar-refractivity contribution in [2.45, 2.75) is 26.3 Å². The van der Waals surface area contributed by atoms with Gasteiger partial charge in [-0.15, -0.1) is 11.6 Å². The number of fused-ring (bicyclic) bond motifs is 1. The van der Waals surface area contributed by atoms with Gasteiger partial charge in [-0.3, -0.25) is 0 Å². The van der Waals surface area contributed by atoms with Gasteiger partial charge in [-0.25, -0.2) is 13.8 Å². The highest BCUT2D eigenvalue weighted by atomic mass is 35.5. The molecule has 1 aromatic carbocycles. The molecule has 1 aromatic heterocycles. The van der Waals surface area contributed by atoms with Gasteiger partial charge in [0, 0.05) is 18.8 Å². The number of nitrogens with zero attached hydrogens (tertiary/aromatic N) is 2. The summed E-state index contributed by atoms with van der Waals surface area (Å²) < 4.78 is 29.2. The molecule has 3 rings (SSSR count). The third-order valence-corrected chi connectivity index (χ3v) is 4.08. The highest BCUT2D eigenvalue weighted by Gasteiger charge is 2.34. The molecule has 2 unspecified atom stereocenters. The van der Waals surface area contributed by atoms with E-state index >= 15 is 0 Å². The Labute approximate surface area is 115 Å². The minimum absolute atomic E-state index is 0.277. The molecule has 0 aliphatic heterocycles. The Morgan fingerprint density at radius 1 is 1.42 bits per heavy atom. The number of imidazole rings is 1. The third-order valence-electron chi connectivity index (χ3n) is 3.89. The lowest BCUT2D eigenvalue weighted by atomic mass is 10.2. The van der Waals surface area contributed by atoms with Crippen LogP contribution in [0.2, 0.25) is 0 Å². The van der Waals surface area contributed by atoms with Crippen molar-refractivity contribution in [3.63, 3.8) is 0 Å². The number of alkyl halides is 1. The van der Waals surface area contributed by atoms with E-state index in [1.807, 2.05) is 4.57 Å². The zero-order valence-corrected chi connectivity index (χ0v) is 11.4. The molecule has 1 heterocycles. The van der Waals surface area contributed by atoms with Crippen LogP contribution in [0.3, 0.4) is 0 Å². The summed E-state index contributed by atoms with van der Waals surface area (Å²) in [7, 11) is 0. The lowest BCUT2D eigenvalue weighted by Crippen LogP contribution is -2.08. The van der Waals surface area contributed by atoms with E-state index in [0.29, 0.717) is 36.2 Å². The summed E-state index contributed by atoms with van der Waals surface area (Å²) in [6, 6.07) is 2.65. The smallest absolute Gasteiger partial charge is 0.184 e. The Hall–Kier alpha value is -1.16. The summed E-state index contributed by atoms with van der Waals surface area (Å²) in [4.78, 5) is 4.38. The largest absolute Gasteiger partial charge is 0.325 e. The van der Waals surface area contributed by atoms with Crippen LogP contribution < -0.4 is 0 Å². The van der Waals surface area contributed by atoms with Gasteiger partial charge in [0.2, 0.25) is 0 Å². The van der Waals surface area contributed by atoms with Gasteiger partial charge in [-0.2, -0.15) is 0 Å². The monoisotopic (exact) mass is 284 g/mol. The first kappa shape index (κ1) is 12.9. The Kier molecular flexibility index (Phi) is 3.21. The molecule has 0 spiro atoms. The molecule has 1 aliphatic rings. The summed E-state index contributed by atoms with van der Waals surface area (Å²) in [6.45, 7) is 2.87. The molecule has 2 nitrogen and oxygen atoms in total. The number of aromatic nitrogens is 2. The molecule has 2 atom stereocenters. The van der Waals surface area contributed by atoms with E-state index in [0.717, 1.165) is 18.3 Å². The molecule has 0 amide bonds. The van der Waals surface area contributed by atoms with Crippen molar-refractivity contribution in [2.24, 2.45) is 11.8 Å². The lowest BCUT2D eigenvalue weighted by molar-refractivity contribution is 0.505. The summed E-state index contributed by atoms with van der Waals surface area (Å²) in [5, 5.41) is 0. The van der Waals surface area contributed by atoms with Crippen LogP contribution in [-0.2, 0) is 13.0 Å². The Bertz CT molecular complexity index is 623. The minimum Gasteiger partial charge on any atom is -0.325 e. The standard InChI is InChI=1S/C14H15ClF2N2/c1-8-6-9(8)7-19-12(4-5-15)18-11-3-2-10(16)13(17)14(11)19/h2-3,8-9H,4-7H2,1H3. The SMILES string of the molecule is CC1CC1Cn1c(CCCl)nc2ccc(F)c(F)c21. The minimum atomic E-state index is -0.824. The first-order chi connectivity index (χ1) is 9.11. The van der Waals surface area contributed by atoms with Crippen LogP contribution in [0, 0.1) is 23.5 Å². The van der Waals surface area contributed by atoms with Crippen molar-refractivity contribution in [2.75, 3.05) is 5.88 Å². The highest BCUT2D eigenvalue weighted by Crippen LogP contribution is 2.40. The summed E-state index contributed by atoms with van der Waals surface area (Å²) in [5.74, 6) is 0.725. The number of benzene rings is 1. The van der Waals surface area contributed by atoms with Crippen LogP contribution in [0.4, 0.5) is 8.78 Å². The van der Waals surface area contributed by atoms with Gasteiger partial charge in [0.05, 0.1) is 5.52 Å². The average molecular weight is 285 g/mol. The van der Waals surface area contributed by atoms with Crippen LogP contribution in [0.15, 0.2) is 12.1 Å². The van der Waals surface area contributed by atoms with Crippen molar-refractivity contribution in [3.8, 4) is 0 Å². The molecule has 0 radical (unpaired) electrons. The van der Waals surface area contributed by atoms with E-state index in [9.17, 15) is 8.78 Å². The Morgan fingerprint density at radius 2 is 2.16 bits per heavy atom. The summed E-state index contributed by atoms with van der Waals surface area (Å²) in [6.07, 6.45) is 1.70. The topological polar surface area (TPSA) is 17.8 Å². The first-order valence-electron chi connectivity index (χ1n) is 6.51. The summed E-state index contributed by atoms with van der Waals surface area (Å²) in [5.41, 5.74) is 0.784. The second kappa shape index (κ2) is 4.75. The van der Waals surface area contributed by atoms with Crippen LogP contribution in [0.25, 0.3) is 11.0 Å². The van der Waals surface area contributed by atoms with Gasteiger partial charge < -0.3 is 4.57 Å². The average Bonchev–Trinajstić information content (AvgIpc) is 2.95. The number of aryl methyl sites for hydroxylation is 1. The molecule has 0 saturated heterocycles. The Balaban J connectivity index is 2.12. The van der Waals surface area contributed by atoms with E-state index in [1.165, 1.54) is 6.07 Å². The molecular formula is C14H15ClF2N2. The molecule has 0 N–H and O–H groups in total. The zero-order valence-electron chi connectivity index (χ0n) is 10.7. The number of halogens is 3. The lowest BCUT2D eigenvalue weighted by Gasteiger charge is -2.08. The fourth-order valence-corrected chi connectivity index (χ4v) is 2.73. The van der Waals surface area contributed by atoms with Gasteiger partial charge in [-0.05, 0) is 30.4 Å². The molecule has 102 valence electrons. The first-order valence-corrected chi connectivity index (χ1v) is 7.04. The van der Waals surface area contributed by atoms with Gasteiger partial charge in [0.15, 0.2) is 11.6 Å². The van der Waals surface area contributed by atoms with Gasteiger partial charge in [-0.1, -0.05) is 6.92 Å². The van der Waals surface area contributed by atoms with Gasteiger partial charge >= 0.3 is 0 Å². The molecular weight excluding hydrogens is 270 g/mol. The van der Waals surface area contributed by atoms with E-state index < -0.39 is 11.6 Å². The van der Waals surface area contributed by atoms with E-state index in [2.05, 4.69) is 11.9 Å². The van der Waals surface area contributed by atoms with E-state index in [1.54, 1.807) is 0 Å². The van der Waals surface area contributed by atoms with Gasteiger partial charge in [0.1, 0.15) is 11.3 Å². The van der Waals surface area contributed by atoms with Crippen molar-refractivity contribution < 1.29 is 8.78 Å². The maximum atomic E-state index is 14.0. The van der Waals surface area contributed by atoms with Crippen molar-refractivity contribution >= 4 is 22.6 Å². The van der Waals surface area contributed by atoms with Crippen LogP contribution in [0.1, 0.15) is 19.2 Å². The van der Waals surface area contributed by atoms with Crippen molar-refractivity contribution in [1.82, 2.24) is 9.55 Å². The molecule has 1 saturated carbocycles. The number of hydrogen-bond donors (Lipinski definition) is 0. The van der Waals surface area contributed by atoms with Crippen LogP contribution >= 0.6 is 11.6 Å². The molecule has 2 aromatic rings. The van der Waals surface area contributed by atoms with Crippen molar-refractivity contribution in [3.05, 3.63) is 29.6 Å². The second-order valence-electron chi connectivity index (χ2n) is 5.28. The molecule has 19 heavy (non-hydrogen) atoms. The van der Waals surface area contributed by atoms with Crippen LogP contribution in [-0.4, -0.2) is 15.4 Å². The molecule has 1 fully saturated rings. The molecule has 1 aliphatic carbocycles.